The topological polar surface area (TPSA) is 47.1 Å². The molecule has 0 spiro atoms. The number of fused-ring (bicyclic) bond motifs is 1. The molecule has 4 heteroatoms. The zero-order valence-electron chi connectivity index (χ0n) is 12.6. The zero-order valence-corrected chi connectivity index (χ0v) is 12.6. The van der Waals surface area contributed by atoms with Crippen LogP contribution in [0.5, 0.6) is 0 Å². The van der Waals surface area contributed by atoms with Crippen LogP contribution in [-0.4, -0.2) is 34.6 Å². The molecule has 0 bridgehead atoms. The van der Waals surface area contributed by atoms with Gasteiger partial charge in [0.2, 0.25) is 0 Å². The van der Waals surface area contributed by atoms with Crippen molar-refractivity contribution in [1.29, 1.82) is 0 Å². The summed E-state index contributed by atoms with van der Waals surface area (Å²) in [6.45, 7) is 6.76. The van der Waals surface area contributed by atoms with Crippen molar-refractivity contribution in [3.63, 3.8) is 0 Å². The first-order valence-electron chi connectivity index (χ1n) is 7.52. The van der Waals surface area contributed by atoms with Crippen LogP contribution < -0.4 is 5.73 Å². The van der Waals surface area contributed by atoms with Crippen molar-refractivity contribution in [3.8, 4) is 0 Å². The van der Waals surface area contributed by atoms with Gasteiger partial charge in [0, 0.05) is 17.6 Å². The molecule has 2 aromatic rings. The van der Waals surface area contributed by atoms with E-state index in [2.05, 4.69) is 36.4 Å². The monoisotopic (exact) mass is 272 g/mol. The summed E-state index contributed by atoms with van der Waals surface area (Å²) in [5.74, 6) is 1.63. The average molecular weight is 272 g/mol. The van der Waals surface area contributed by atoms with E-state index < -0.39 is 0 Å². The van der Waals surface area contributed by atoms with Crippen molar-refractivity contribution >= 4 is 16.7 Å². The SMILES string of the molecule is CC(C)c1nc2cc(N)ccc2n1C1CCN(C)CC1. The molecular formula is C16H24N4. The predicted octanol–water partition coefficient (Wildman–Crippen LogP) is 3.01. The van der Waals surface area contributed by atoms with Crippen molar-refractivity contribution in [1.82, 2.24) is 14.5 Å². The molecule has 1 aliphatic rings. The van der Waals surface area contributed by atoms with Crippen LogP contribution in [0.3, 0.4) is 0 Å². The van der Waals surface area contributed by atoms with E-state index >= 15 is 0 Å². The summed E-state index contributed by atoms with van der Waals surface area (Å²) in [6, 6.07) is 6.67. The Labute approximate surface area is 120 Å². The van der Waals surface area contributed by atoms with Gasteiger partial charge in [-0.25, -0.2) is 4.98 Å². The second kappa shape index (κ2) is 5.09. The van der Waals surface area contributed by atoms with Gasteiger partial charge in [-0.05, 0) is 51.2 Å². The van der Waals surface area contributed by atoms with E-state index in [1.54, 1.807) is 0 Å². The Kier molecular flexibility index (Phi) is 3.42. The molecule has 0 unspecified atom stereocenters. The highest BCUT2D eigenvalue weighted by molar-refractivity contribution is 5.80. The average Bonchev–Trinajstić information content (AvgIpc) is 2.78. The van der Waals surface area contributed by atoms with Crippen molar-refractivity contribution in [2.45, 2.75) is 38.6 Å². The number of anilines is 1. The first-order chi connectivity index (χ1) is 9.56. The molecule has 20 heavy (non-hydrogen) atoms. The standard InChI is InChI=1S/C16H24N4/c1-11(2)16-18-14-10-12(17)4-5-15(14)20(16)13-6-8-19(3)9-7-13/h4-5,10-11,13H,6-9,17H2,1-3H3. The van der Waals surface area contributed by atoms with Crippen molar-refractivity contribution < 1.29 is 0 Å². The van der Waals surface area contributed by atoms with E-state index in [0.29, 0.717) is 12.0 Å². The third-order valence-electron chi connectivity index (χ3n) is 4.31. The number of hydrogen-bond acceptors (Lipinski definition) is 3. The summed E-state index contributed by atoms with van der Waals surface area (Å²) in [4.78, 5) is 7.24. The first kappa shape index (κ1) is 13.4. The van der Waals surface area contributed by atoms with Crippen LogP contribution in [-0.2, 0) is 0 Å². The first-order valence-corrected chi connectivity index (χ1v) is 7.52. The van der Waals surface area contributed by atoms with Gasteiger partial charge in [-0.15, -0.1) is 0 Å². The Hall–Kier alpha value is -1.55. The van der Waals surface area contributed by atoms with Crippen LogP contribution in [0.4, 0.5) is 5.69 Å². The molecule has 1 aromatic carbocycles. The van der Waals surface area contributed by atoms with Crippen LogP contribution in [0.25, 0.3) is 11.0 Å². The lowest BCUT2D eigenvalue weighted by molar-refractivity contribution is 0.221. The number of nitrogens with zero attached hydrogens (tertiary/aromatic N) is 3. The zero-order chi connectivity index (χ0) is 14.3. The largest absolute Gasteiger partial charge is 0.399 e. The summed E-state index contributed by atoms with van der Waals surface area (Å²) in [6.07, 6.45) is 2.40. The Morgan fingerprint density at radius 2 is 1.95 bits per heavy atom. The summed E-state index contributed by atoms with van der Waals surface area (Å²) >= 11 is 0. The van der Waals surface area contributed by atoms with Crippen LogP contribution in [0.2, 0.25) is 0 Å². The third-order valence-corrected chi connectivity index (χ3v) is 4.31. The summed E-state index contributed by atoms with van der Waals surface area (Å²) in [5.41, 5.74) is 8.96. The Morgan fingerprint density at radius 3 is 2.60 bits per heavy atom. The lowest BCUT2D eigenvalue weighted by Gasteiger charge is -2.31. The molecule has 3 rings (SSSR count). The van der Waals surface area contributed by atoms with Crippen LogP contribution in [0, 0.1) is 0 Å². The number of benzene rings is 1. The number of hydrogen-bond donors (Lipinski definition) is 1. The van der Waals surface area contributed by atoms with Crippen LogP contribution >= 0.6 is 0 Å². The van der Waals surface area contributed by atoms with E-state index in [1.165, 1.54) is 24.2 Å². The maximum Gasteiger partial charge on any atom is 0.112 e. The highest BCUT2D eigenvalue weighted by atomic mass is 15.2. The van der Waals surface area contributed by atoms with Crippen LogP contribution in [0.15, 0.2) is 18.2 Å². The Morgan fingerprint density at radius 1 is 1.25 bits per heavy atom. The van der Waals surface area contributed by atoms with Crippen LogP contribution in [0.1, 0.15) is 44.5 Å². The molecule has 0 amide bonds. The van der Waals surface area contributed by atoms with Crippen molar-refractivity contribution in [3.05, 3.63) is 24.0 Å². The van der Waals surface area contributed by atoms with Gasteiger partial charge in [0.1, 0.15) is 5.82 Å². The maximum absolute atomic E-state index is 5.90. The van der Waals surface area contributed by atoms with Crippen molar-refractivity contribution in [2.75, 3.05) is 25.9 Å². The maximum atomic E-state index is 5.90. The molecule has 0 atom stereocenters. The molecule has 1 fully saturated rings. The number of nitrogen functional groups attached to an aromatic ring is 1. The normalized spacial score (nSPS) is 18.2. The fourth-order valence-electron chi connectivity index (χ4n) is 3.18. The molecule has 1 aromatic heterocycles. The fourth-order valence-corrected chi connectivity index (χ4v) is 3.18. The van der Waals surface area contributed by atoms with Gasteiger partial charge in [-0.2, -0.15) is 0 Å². The smallest absolute Gasteiger partial charge is 0.112 e. The van der Waals surface area contributed by atoms with Gasteiger partial charge < -0.3 is 15.2 Å². The molecular weight excluding hydrogens is 248 g/mol. The highest BCUT2D eigenvalue weighted by Gasteiger charge is 2.24. The number of imidazole rings is 1. The Balaban J connectivity index is 2.09. The predicted molar refractivity (Wildman–Crippen MR) is 84.0 cm³/mol. The summed E-state index contributed by atoms with van der Waals surface area (Å²) < 4.78 is 2.46. The highest BCUT2D eigenvalue weighted by Crippen LogP contribution is 2.31. The molecule has 0 saturated carbocycles. The molecule has 2 N–H and O–H groups in total. The Bertz CT molecular complexity index is 606. The lowest BCUT2D eigenvalue weighted by Crippen LogP contribution is -2.32. The second-order valence-corrected chi connectivity index (χ2v) is 6.28. The lowest BCUT2D eigenvalue weighted by atomic mass is 10.0. The quantitative estimate of drug-likeness (QED) is 0.855. The minimum Gasteiger partial charge on any atom is -0.399 e. The number of rotatable bonds is 2. The molecule has 1 aliphatic heterocycles. The fraction of sp³-hybridized carbons (Fsp3) is 0.562. The molecule has 4 nitrogen and oxygen atoms in total. The van der Waals surface area contributed by atoms with Gasteiger partial charge in [0.25, 0.3) is 0 Å². The number of piperidine rings is 1. The van der Waals surface area contributed by atoms with Gasteiger partial charge in [0.15, 0.2) is 0 Å². The summed E-state index contributed by atoms with van der Waals surface area (Å²) in [5, 5.41) is 0. The van der Waals surface area contributed by atoms with E-state index in [9.17, 15) is 0 Å². The van der Waals surface area contributed by atoms with E-state index in [0.717, 1.165) is 24.3 Å². The molecule has 0 aliphatic carbocycles. The number of likely N-dealkylation sites (tertiary alicyclic amines) is 1. The van der Waals surface area contributed by atoms with Gasteiger partial charge in [-0.3, -0.25) is 0 Å². The van der Waals surface area contributed by atoms with E-state index in [1.807, 2.05) is 12.1 Å². The van der Waals surface area contributed by atoms with E-state index in [4.69, 9.17) is 10.7 Å². The number of aromatic nitrogens is 2. The molecule has 2 heterocycles. The van der Waals surface area contributed by atoms with E-state index in [-0.39, 0.29) is 0 Å². The van der Waals surface area contributed by atoms with Gasteiger partial charge in [-0.1, -0.05) is 13.8 Å². The molecule has 108 valence electrons. The minimum absolute atomic E-state index is 0.434. The molecule has 1 saturated heterocycles. The third kappa shape index (κ3) is 2.29. The van der Waals surface area contributed by atoms with Crippen molar-refractivity contribution in [2.24, 2.45) is 0 Å². The van der Waals surface area contributed by atoms with Gasteiger partial charge >= 0.3 is 0 Å². The summed E-state index contributed by atoms with van der Waals surface area (Å²) in [7, 11) is 2.20. The molecule has 0 radical (unpaired) electrons. The second-order valence-electron chi connectivity index (χ2n) is 6.28. The minimum atomic E-state index is 0.434. The van der Waals surface area contributed by atoms with Gasteiger partial charge in [0.05, 0.1) is 11.0 Å². The number of nitrogens with two attached hydrogens (primary N) is 1.